The number of nitrogens with zero attached hydrogens (tertiary/aromatic N) is 3. The van der Waals surface area contributed by atoms with Gasteiger partial charge in [0.05, 0.1) is 7.11 Å². The molecule has 0 radical (unpaired) electrons. The summed E-state index contributed by atoms with van der Waals surface area (Å²) in [7, 11) is 3.61. The van der Waals surface area contributed by atoms with Crippen LogP contribution in [0, 0.1) is 0 Å². The van der Waals surface area contributed by atoms with Crippen molar-refractivity contribution < 1.29 is 4.74 Å². The van der Waals surface area contributed by atoms with Crippen LogP contribution < -0.4 is 9.64 Å². The number of hydrogen-bond acceptors (Lipinski definition) is 4. The SMILES string of the molecule is CCCN(C)c1cc(OC)ncn1. The molecule has 0 aliphatic carbocycles. The second-order valence-electron chi connectivity index (χ2n) is 2.84. The summed E-state index contributed by atoms with van der Waals surface area (Å²) in [6.07, 6.45) is 2.61. The molecule has 0 fully saturated rings. The molecule has 0 N–H and O–H groups in total. The van der Waals surface area contributed by atoms with Crippen LogP contribution in [0.3, 0.4) is 0 Å². The predicted octanol–water partition coefficient (Wildman–Crippen LogP) is 1.33. The van der Waals surface area contributed by atoms with Crippen molar-refractivity contribution in [2.24, 2.45) is 0 Å². The summed E-state index contributed by atoms with van der Waals surface area (Å²) < 4.78 is 5.01. The quantitative estimate of drug-likeness (QED) is 0.702. The van der Waals surface area contributed by atoms with E-state index >= 15 is 0 Å². The molecule has 0 atom stereocenters. The Kier molecular flexibility index (Phi) is 3.49. The number of anilines is 1. The first kappa shape index (κ1) is 9.77. The highest BCUT2D eigenvalue weighted by Crippen LogP contribution is 2.13. The maximum Gasteiger partial charge on any atom is 0.218 e. The Labute approximate surface area is 78.6 Å². The molecule has 0 bridgehead atoms. The van der Waals surface area contributed by atoms with Crippen LogP contribution in [0.1, 0.15) is 13.3 Å². The van der Waals surface area contributed by atoms with Gasteiger partial charge in [0, 0.05) is 19.7 Å². The van der Waals surface area contributed by atoms with E-state index in [9.17, 15) is 0 Å². The minimum absolute atomic E-state index is 0.605. The molecule has 0 saturated carbocycles. The smallest absolute Gasteiger partial charge is 0.218 e. The number of ether oxygens (including phenoxy) is 1. The van der Waals surface area contributed by atoms with Crippen molar-refractivity contribution in [1.82, 2.24) is 9.97 Å². The fraction of sp³-hybridized carbons (Fsp3) is 0.556. The summed E-state index contributed by atoms with van der Waals surface area (Å²) >= 11 is 0. The Morgan fingerprint density at radius 3 is 2.85 bits per heavy atom. The van der Waals surface area contributed by atoms with Crippen molar-refractivity contribution in [3.05, 3.63) is 12.4 Å². The molecule has 72 valence electrons. The molecular weight excluding hydrogens is 166 g/mol. The third kappa shape index (κ3) is 2.57. The van der Waals surface area contributed by atoms with Crippen LogP contribution >= 0.6 is 0 Å². The van der Waals surface area contributed by atoms with Crippen molar-refractivity contribution in [2.75, 3.05) is 25.6 Å². The molecular formula is C9H15N3O. The van der Waals surface area contributed by atoms with E-state index in [1.54, 1.807) is 7.11 Å². The first-order valence-corrected chi connectivity index (χ1v) is 4.35. The van der Waals surface area contributed by atoms with Gasteiger partial charge in [-0.25, -0.2) is 9.97 Å². The van der Waals surface area contributed by atoms with Crippen molar-refractivity contribution >= 4 is 5.82 Å². The van der Waals surface area contributed by atoms with E-state index in [1.165, 1.54) is 6.33 Å². The second kappa shape index (κ2) is 4.64. The first-order chi connectivity index (χ1) is 6.27. The number of hydrogen-bond donors (Lipinski definition) is 0. The van der Waals surface area contributed by atoms with E-state index in [4.69, 9.17) is 4.74 Å². The lowest BCUT2D eigenvalue weighted by atomic mass is 10.4. The molecule has 0 saturated heterocycles. The van der Waals surface area contributed by atoms with Gasteiger partial charge in [-0.05, 0) is 6.42 Å². The topological polar surface area (TPSA) is 38.2 Å². The molecule has 0 aromatic carbocycles. The van der Waals surface area contributed by atoms with Crippen LogP contribution in [-0.4, -0.2) is 30.7 Å². The van der Waals surface area contributed by atoms with E-state index in [0.29, 0.717) is 5.88 Å². The molecule has 4 heteroatoms. The second-order valence-corrected chi connectivity index (χ2v) is 2.84. The number of methoxy groups -OCH3 is 1. The lowest BCUT2D eigenvalue weighted by molar-refractivity contribution is 0.397. The standard InChI is InChI=1S/C9H15N3O/c1-4-5-12(2)8-6-9(13-3)11-7-10-8/h6-7H,4-5H2,1-3H3. The zero-order chi connectivity index (χ0) is 9.68. The Balaban J connectivity index is 2.75. The van der Waals surface area contributed by atoms with E-state index in [-0.39, 0.29) is 0 Å². The Morgan fingerprint density at radius 2 is 2.23 bits per heavy atom. The molecule has 0 unspecified atom stereocenters. The molecule has 1 rings (SSSR count). The molecule has 13 heavy (non-hydrogen) atoms. The van der Waals surface area contributed by atoms with Crippen LogP contribution in [0.15, 0.2) is 12.4 Å². The molecule has 0 aliphatic heterocycles. The summed E-state index contributed by atoms with van der Waals surface area (Å²) in [6, 6.07) is 1.83. The normalized spacial score (nSPS) is 9.77. The van der Waals surface area contributed by atoms with Gasteiger partial charge in [-0.2, -0.15) is 0 Å². The minimum Gasteiger partial charge on any atom is -0.481 e. The average Bonchev–Trinajstić information content (AvgIpc) is 2.18. The maximum atomic E-state index is 5.01. The molecule has 1 heterocycles. The molecule has 0 aliphatic rings. The zero-order valence-electron chi connectivity index (χ0n) is 8.32. The monoisotopic (exact) mass is 181 g/mol. The van der Waals surface area contributed by atoms with Gasteiger partial charge in [-0.3, -0.25) is 0 Å². The van der Waals surface area contributed by atoms with Gasteiger partial charge in [0.15, 0.2) is 0 Å². The van der Waals surface area contributed by atoms with E-state index < -0.39 is 0 Å². The number of aromatic nitrogens is 2. The Morgan fingerprint density at radius 1 is 1.46 bits per heavy atom. The Hall–Kier alpha value is -1.32. The van der Waals surface area contributed by atoms with Gasteiger partial charge in [-0.1, -0.05) is 6.92 Å². The lowest BCUT2D eigenvalue weighted by Gasteiger charge is -2.16. The maximum absolute atomic E-state index is 5.01. The zero-order valence-corrected chi connectivity index (χ0v) is 8.32. The first-order valence-electron chi connectivity index (χ1n) is 4.35. The van der Waals surface area contributed by atoms with Crippen molar-refractivity contribution in [3.63, 3.8) is 0 Å². The summed E-state index contributed by atoms with van der Waals surface area (Å²) in [4.78, 5) is 10.2. The molecule has 4 nitrogen and oxygen atoms in total. The van der Waals surface area contributed by atoms with Gasteiger partial charge >= 0.3 is 0 Å². The van der Waals surface area contributed by atoms with Crippen LogP contribution in [0.2, 0.25) is 0 Å². The van der Waals surface area contributed by atoms with Gasteiger partial charge < -0.3 is 9.64 Å². The number of rotatable bonds is 4. The highest BCUT2D eigenvalue weighted by atomic mass is 16.5. The van der Waals surface area contributed by atoms with Crippen molar-refractivity contribution in [2.45, 2.75) is 13.3 Å². The van der Waals surface area contributed by atoms with Gasteiger partial charge in [0.25, 0.3) is 0 Å². The highest BCUT2D eigenvalue weighted by molar-refractivity contribution is 5.39. The van der Waals surface area contributed by atoms with Crippen LogP contribution in [0.25, 0.3) is 0 Å². The van der Waals surface area contributed by atoms with E-state index in [2.05, 4.69) is 21.8 Å². The van der Waals surface area contributed by atoms with E-state index in [1.807, 2.05) is 13.1 Å². The van der Waals surface area contributed by atoms with Crippen LogP contribution in [0.5, 0.6) is 5.88 Å². The fourth-order valence-corrected chi connectivity index (χ4v) is 1.10. The van der Waals surface area contributed by atoms with Crippen molar-refractivity contribution in [1.29, 1.82) is 0 Å². The third-order valence-corrected chi connectivity index (χ3v) is 1.79. The largest absolute Gasteiger partial charge is 0.481 e. The predicted molar refractivity (Wildman–Crippen MR) is 52.1 cm³/mol. The lowest BCUT2D eigenvalue weighted by Crippen LogP contribution is -2.19. The van der Waals surface area contributed by atoms with Gasteiger partial charge in [-0.15, -0.1) is 0 Å². The van der Waals surface area contributed by atoms with Crippen molar-refractivity contribution in [3.8, 4) is 5.88 Å². The average molecular weight is 181 g/mol. The fourth-order valence-electron chi connectivity index (χ4n) is 1.10. The Bertz CT molecular complexity index is 265. The molecule has 1 aromatic heterocycles. The highest BCUT2D eigenvalue weighted by Gasteiger charge is 2.02. The van der Waals surface area contributed by atoms with E-state index in [0.717, 1.165) is 18.8 Å². The molecule has 0 amide bonds. The molecule has 1 aromatic rings. The summed E-state index contributed by atoms with van der Waals surface area (Å²) in [5.41, 5.74) is 0. The third-order valence-electron chi connectivity index (χ3n) is 1.79. The summed E-state index contributed by atoms with van der Waals surface area (Å²) in [5.74, 6) is 1.50. The summed E-state index contributed by atoms with van der Waals surface area (Å²) in [5, 5.41) is 0. The summed E-state index contributed by atoms with van der Waals surface area (Å²) in [6.45, 7) is 3.12. The molecule has 0 spiro atoms. The van der Waals surface area contributed by atoms with Crippen LogP contribution in [-0.2, 0) is 0 Å². The van der Waals surface area contributed by atoms with Gasteiger partial charge in [0.2, 0.25) is 5.88 Å². The minimum atomic E-state index is 0.605. The van der Waals surface area contributed by atoms with Crippen LogP contribution in [0.4, 0.5) is 5.82 Å². The van der Waals surface area contributed by atoms with Gasteiger partial charge in [0.1, 0.15) is 12.1 Å².